The van der Waals surface area contributed by atoms with Gasteiger partial charge in [0.15, 0.2) is 0 Å². The number of halogens is 3. The maximum absolute atomic E-state index is 12.9. The van der Waals surface area contributed by atoms with Crippen LogP contribution in [-0.4, -0.2) is 27.1 Å². The van der Waals surface area contributed by atoms with Crippen molar-refractivity contribution in [2.45, 2.75) is 26.1 Å². The molecule has 1 unspecified atom stereocenters. The fourth-order valence-electron chi connectivity index (χ4n) is 2.48. The molecule has 0 aliphatic rings. The van der Waals surface area contributed by atoms with Crippen molar-refractivity contribution >= 4 is 5.91 Å². The van der Waals surface area contributed by atoms with Crippen LogP contribution >= 0.6 is 0 Å². The molecule has 0 fully saturated rings. The van der Waals surface area contributed by atoms with E-state index in [1.807, 2.05) is 0 Å². The van der Waals surface area contributed by atoms with Gasteiger partial charge in [0.2, 0.25) is 0 Å². The van der Waals surface area contributed by atoms with E-state index in [4.69, 9.17) is 0 Å². The fourth-order valence-corrected chi connectivity index (χ4v) is 2.48. The summed E-state index contributed by atoms with van der Waals surface area (Å²) in [6.07, 6.45) is -2.89. The monoisotopic (exact) mass is 325 g/mol. The zero-order valence-corrected chi connectivity index (χ0v) is 13.1. The van der Waals surface area contributed by atoms with E-state index in [9.17, 15) is 18.0 Å². The van der Waals surface area contributed by atoms with Crippen molar-refractivity contribution in [3.63, 3.8) is 0 Å². The zero-order chi connectivity index (χ0) is 17.2. The number of alkyl halides is 3. The molecular formula is C16H18F3N3O. The maximum Gasteiger partial charge on any atom is 0.416 e. The highest BCUT2D eigenvalue weighted by Gasteiger charge is 2.31. The van der Waals surface area contributed by atoms with Gasteiger partial charge in [-0.15, -0.1) is 0 Å². The highest BCUT2D eigenvalue weighted by atomic mass is 19.4. The molecule has 23 heavy (non-hydrogen) atoms. The summed E-state index contributed by atoms with van der Waals surface area (Å²) in [5, 5.41) is 3.95. The highest BCUT2D eigenvalue weighted by Crippen LogP contribution is 2.32. The Labute approximate surface area is 132 Å². The van der Waals surface area contributed by atoms with Crippen molar-refractivity contribution in [1.29, 1.82) is 0 Å². The summed E-state index contributed by atoms with van der Waals surface area (Å²) in [4.78, 5) is 14.1. The van der Waals surface area contributed by atoms with E-state index in [0.717, 1.165) is 12.1 Å². The lowest BCUT2D eigenvalue weighted by Gasteiger charge is -2.28. The van der Waals surface area contributed by atoms with Crippen molar-refractivity contribution in [2.75, 3.05) is 6.54 Å². The highest BCUT2D eigenvalue weighted by molar-refractivity contribution is 5.92. The van der Waals surface area contributed by atoms with Gasteiger partial charge in [-0.2, -0.15) is 18.3 Å². The number of hydrogen-bond donors (Lipinski definition) is 0. The summed E-state index contributed by atoms with van der Waals surface area (Å²) < 4.78 is 40.0. The fraction of sp³-hybridized carbons (Fsp3) is 0.375. The van der Waals surface area contributed by atoms with Gasteiger partial charge in [-0.1, -0.05) is 12.1 Å². The molecule has 1 aromatic heterocycles. The zero-order valence-electron chi connectivity index (χ0n) is 13.1. The van der Waals surface area contributed by atoms with Gasteiger partial charge in [0.05, 0.1) is 11.6 Å². The first-order valence-electron chi connectivity index (χ1n) is 7.21. The average Bonchev–Trinajstić information content (AvgIpc) is 2.93. The Morgan fingerprint density at radius 2 is 2.04 bits per heavy atom. The van der Waals surface area contributed by atoms with Gasteiger partial charge in [0.1, 0.15) is 5.69 Å². The van der Waals surface area contributed by atoms with Crippen LogP contribution in [0.15, 0.2) is 36.5 Å². The quantitative estimate of drug-likeness (QED) is 0.860. The maximum atomic E-state index is 12.9. The van der Waals surface area contributed by atoms with E-state index in [1.165, 1.54) is 21.8 Å². The number of benzene rings is 1. The van der Waals surface area contributed by atoms with Crippen LogP contribution in [0.25, 0.3) is 0 Å². The molecule has 1 aromatic carbocycles. The molecule has 0 aliphatic heterocycles. The summed E-state index contributed by atoms with van der Waals surface area (Å²) in [5.41, 5.74) is 0.119. The molecule has 2 aromatic rings. The van der Waals surface area contributed by atoms with Gasteiger partial charge < -0.3 is 4.90 Å². The number of nitrogens with zero attached hydrogens (tertiary/aromatic N) is 3. The Balaban J connectivity index is 2.32. The van der Waals surface area contributed by atoms with Crippen LogP contribution in [0.3, 0.4) is 0 Å². The number of rotatable bonds is 4. The molecule has 124 valence electrons. The normalized spacial score (nSPS) is 13.0. The Morgan fingerprint density at radius 1 is 1.35 bits per heavy atom. The first-order valence-corrected chi connectivity index (χ1v) is 7.21. The molecule has 0 bridgehead atoms. The van der Waals surface area contributed by atoms with Crippen LogP contribution in [0.1, 0.15) is 41.5 Å². The minimum atomic E-state index is -4.40. The van der Waals surface area contributed by atoms with E-state index >= 15 is 0 Å². The van der Waals surface area contributed by atoms with Gasteiger partial charge in [-0.3, -0.25) is 9.48 Å². The van der Waals surface area contributed by atoms with E-state index in [-0.39, 0.29) is 5.91 Å². The van der Waals surface area contributed by atoms with Crippen LogP contribution in [0.4, 0.5) is 13.2 Å². The minimum absolute atomic E-state index is 0.266. The van der Waals surface area contributed by atoms with Crippen LogP contribution in [0, 0.1) is 0 Å². The lowest BCUT2D eigenvalue weighted by atomic mass is 10.0. The first-order chi connectivity index (χ1) is 10.8. The summed E-state index contributed by atoms with van der Waals surface area (Å²) in [6, 6.07) is 6.17. The van der Waals surface area contributed by atoms with E-state index < -0.39 is 17.8 Å². The summed E-state index contributed by atoms with van der Waals surface area (Å²) in [6.45, 7) is 3.88. The predicted octanol–water partition coefficient (Wildman–Crippen LogP) is 3.66. The largest absolute Gasteiger partial charge is 0.416 e. The molecule has 1 heterocycles. The number of aryl methyl sites for hydroxylation is 1. The number of aromatic nitrogens is 2. The topological polar surface area (TPSA) is 38.1 Å². The van der Waals surface area contributed by atoms with Crippen molar-refractivity contribution in [2.24, 2.45) is 7.05 Å². The first kappa shape index (κ1) is 17.1. The second-order valence-corrected chi connectivity index (χ2v) is 5.23. The second kappa shape index (κ2) is 6.44. The van der Waals surface area contributed by atoms with Crippen molar-refractivity contribution in [3.05, 3.63) is 53.3 Å². The molecule has 2 rings (SSSR count). The van der Waals surface area contributed by atoms with Crippen LogP contribution < -0.4 is 0 Å². The van der Waals surface area contributed by atoms with Crippen LogP contribution in [0.5, 0.6) is 0 Å². The smallest absolute Gasteiger partial charge is 0.331 e. The summed E-state index contributed by atoms with van der Waals surface area (Å²) >= 11 is 0. The Hall–Kier alpha value is -2.31. The molecule has 0 saturated heterocycles. The third kappa shape index (κ3) is 3.55. The second-order valence-electron chi connectivity index (χ2n) is 5.23. The molecule has 0 aliphatic carbocycles. The molecule has 0 radical (unpaired) electrons. The predicted molar refractivity (Wildman–Crippen MR) is 79.8 cm³/mol. The van der Waals surface area contributed by atoms with E-state index in [0.29, 0.717) is 17.8 Å². The van der Waals surface area contributed by atoms with E-state index in [1.54, 1.807) is 33.0 Å². The molecule has 7 heteroatoms. The molecule has 0 spiro atoms. The average molecular weight is 325 g/mol. The Bertz CT molecular complexity index is 694. The molecule has 1 amide bonds. The van der Waals surface area contributed by atoms with Gasteiger partial charge in [0.25, 0.3) is 5.91 Å². The van der Waals surface area contributed by atoms with Crippen molar-refractivity contribution < 1.29 is 18.0 Å². The Morgan fingerprint density at radius 3 is 2.57 bits per heavy atom. The lowest BCUT2D eigenvalue weighted by Crippen LogP contribution is -2.34. The lowest BCUT2D eigenvalue weighted by molar-refractivity contribution is -0.137. The van der Waals surface area contributed by atoms with Crippen molar-refractivity contribution in [3.8, 4) is 0 Å². The summed E-state index contributed by atoms with van der Waals surface area (Å²) in [5.74, 6) is -0.266. The molecule has 0 N–H and O–H groups in total. The van der Waals surface area contributed by atoms with Gasteiger partial charge in [-0.05, 0) is 37.6 Å². The molecular weight excluding hydrogens is 307 g/mol. The number of carbonyl (C=O) groups excluding carboxylic acids is 1. The van der Waals surface area contributed by atoms with Gasteiger partial charge in [-0.25, -0.2) is 0 Å². The van der Waals surface area contributed by atoms with Crippen LogP contribution in [0.2, 0.25) is 0 Å². The number of carbonyl (C=O) groups is 1. The third-order valence-corrected chi connectivity index (χ3v) is 3.81. The third-order valence-electron chi connectivity index (χ3n) is 3.81. The van der Waals surface area contributed by atoms with Gasteiger partial charge in [0, 0.05) is 19.8 Å². The minimum Gasteiger partial charge on any atom is -0.331 e. The summed E-state index contributed by atoms with van der Waals surface area (Å²) in [7, 11) is 1.65. The number of amides is 1. The Kier molecular flexibility index (Phi) is 4.77. The molecule has 0 saturated carbocycles. The van der Waals surface area contributed by atoms with E-state index in [2.05, 4.69) is 5.10 Å². The standard InChI is InChI=1S/C16H18F3N3O/c1-4-22(15(23)14-8-9-20-21(14)3)11(2)12-6-5-7-13(10-12)16(17,18)19/h5-11H,4H2,1-3H3. The van der Waals surface area contributed by atoms with Crippen LogP contribution in [-0.2, 0) is 13.2 Å². The van der Waals surface area contributed by atoms with Crippen molar-refractivity contribution in [1.82, 2.24) is 14.7 Å². The molecule has 1 atom stereocenters. The number of hydrogen-bond acceptors (Lipinski definition) is 2. The van der Waals surface area contributed by atoms with Gasteiger partial charge >= 0.3 is 6.18 Å². The molecule has 4 nitrogen and oxygen atoms in total. The SMILES string of the molecule is CCN(C(=O)c1ccnn1C)C(C)c1cccc(C(F)(F)F)c1.